The third kappa shape index (κ3) is 6.90. The first-order valence-electron chi connectivity index (χ1n) is 6.32. The molecule has 22 heavy (non-hydrogen) atoms. The third-order valence-electron chi connectivity index (χ3n) is 2.56. The predicted octanol–water partition coefficient (Wildman–Crippen LogP) is 1.79. The monoisotopic (exact) mass is 339 g/mol. The third-order valence-corrected chi connectivity index (χ3v) is 3.69. The van der Waals surface area contributed by atoms with Gasteiger partial charge in [-0.15, -0.1) is 0 Å². The summed E-state index contributed by atoms with van der Waals surface area (Å²) >= 11 is 0. The minimum Gasteiger partial charge on any atom is -0.372 e. The van der Waals surface area contributed by atoms with Crippen LogP contribution in [0.4, 0.5) is 13.2 Å². The number of alkyl halides is 3. The molecule has 0 atom stereocenters. The average Bonchev–Trinajstić information content (AvgIpc) is 2.40. The molecule has 0 radical (unpaired) electrons. The molecule has 1 aromatic carbocycles. The quantitative estimate of drug-likeness (QED) is 0.769. The lowest BCUT2D eigenvalue weighted by molar-refractivity contribution is -0.173. The molecule has 1 aromatic rings. The van der Waals surface area contributed by atoms with Crippen molar-refractivity contribution in [1.82, 2.24) is 5.32 Å². The lowest BCUT2D eigenvalue weighted by Gasteiger charge is -2.08. The first-order chi connectivity index (χ1) is 10.1. The molecule has 0 aromatic heterocycles. The van der Waals surface area contributed by atoms with Crippen molar-refractivity contribution in [2.45, 2.75) is 17.5 Å². The van der Waals surface area contributed by atoms with Crippen molar-refractivity contribution < 1.29 is 31.1 Å². The highest BCUT2D eigenvalue weighted by Gasteiger charge is 2.27. The van der Waals surface area contributed by atoms with Gasteiger partial charge in [0.1, 0.15) is 6.61 Å². The fraction of sp³-hybridized carbons (Fsp3) is 0.462. The van der Waals surface area contributed by atoms with E-state index in [0.717, 1.165) is 6.26 Å². The van der Waals surface area contributed by atoms with Crippen molar-refractivity contribution in [3.05, 3.63) is 29.8 Å². The lowest BCUT2D eigenvalue weighted by Crippen LogP contribution is -2.26. The Labute approximate surface area is 126 Å². The second kappa shape index (κ2) is 7.59. The molecule has 0 spiro atoms. The Morgan fingerprint density at radius 1 is 1.23 bits per heavy atom. The first kappa shape index (κ1) is 18.4. The summed E-state index contributed by atoms with van der Waals surface area (Å²) < 4.78 is 62.3. The first-order valence-corrected chi connectivity index (χ1v) is 8.21. The predicted molar refractivity (Wildman–Crippen MR) is 73.4 cm³/mol. The van der Waals surface area contributed by atoms with Crippen LogP contribution in [0.5, 0.6) is 0 Å². The van der Waals surface area contributed by atoms with Gasteiger partial charge >= 0.3 is 6.18 Å². The van der Waals surface area contributed by atoms with Gasteiger partial charge in [-0.1, -0.05) is 0 Å². The molecule has 0 saturated heterocycles. The summed E-state index contributed by atoms with van der Waals surface area (Å²) in [4.78, 5) is 11.8. The van der Waals surface area contributed by atoms with Crippen LogP contribution in [0.1, 0.15) is 16.8 Å². The van der Waals surface area contributed by atoms with Crippen LogP contribution in [-0.2, 0) is 14.6 Å². The molecule has 5 nitrogen and oxygen atoms in total. The zero-order chi connectivity index (χ0) is 16.8. The standard InChI is InChI=1S/C13H16F3NO4S/c1-22(19,20)11-5-3-10(4-6-11)12(18)17-7-2-8-21-9-13(14,15)16/h3-6H,2,7-9H2,1H3,(H,17,18). The summed E-state index contributed by atoms with van der Waals surface area (Å²) in [5.41, 5.74) is 0.267. The van der Waals surface area contributed by atoms with Crippen LogP contribution in [0.2, 0.25) is 0 Å². The van der Waals surface area contributed by atoms with E-state index in [1.807, 2.05) is 0 Å². The molecular weight excluding hydrogens is 323 g/mol. The second-order valence-electron chi connectivity index (χ2n) is 4.57. The Morgan fingerprint density at radius 2 is 1.82 bits per heavy atom. The summed E-state index contributed by atoms with van der Waals surface area (Å²) in [5.74, 6) is -0.434. The van der Waals surface area contributed by atoms with E-state index in [1.54, 1.807) is 0 Å². The number of rotatable bonds is 7. The van der Waals surface area contributed by atoms with Gasteiger partial charge in [-0.2, -0.15) is 13.2 Å². The molecule has 0 fully saturated rings. The molecule has 0 aliphatic carbocycles. The largest absolute Gasteiger partial charge is 0.411 e. The van der Waals surface area contributed by atoms with Gasteiger partial charge in [0, 0.05) is 25.0 Å². The van der Waals surface area contributed by atoms with Crippen LogP contribution < -0.4 is 5.32 Å². The van der Waals surface area contributed by atoms with Crippen LogP contribution in [0, 0.1) is 0 Å². The van der Waals surface area contributed by atoms with Gasteiger partial charge in [0.15, 0.2) is 9.84 Å². The number of carbonyl (C=O) groups excluding carboxylic acids is 1. The molecule has 1 rings (SSSR count). The van der Waals surface area contributed by atoms with Crippen LogP contribution in [0.3, 0.4) is 0 Å². The number of halogens is 3. The maximum absolute atomic E-state index is 11.8. The van der Waals surface area contributed by atoms with Crippen LogP contribution in [0.15, 0.2) is 29.2 Å². The molecule has 0 bridgehead atoms. The van der Waals surface area contributed by atoms with Gasteiger partial charge in [0.05, 0.1) is 4.90 Å². The highest BCUT2D eigenvalue weighted by molar-refractivity contribution is 7.90. The Balaban J connectivity index is 2.34. The van der Waals surface area contributed by atoms with E-state index in [9.17, 15) is 26.4 Å². The zero-order valence-electron chi connectivity index (χ0n) is 11.8. The minimum atomic E-state index is -4.36. The van der Waals surface area contributed by atoms with Gasteiger partial charge in [-0.05, 0) is 30.7 Å². The number of sulfone groups is 1. The van der Waals surface area contributed by atoms with E-state index < -0.39 is 28.5 Å². The van der Waals surface area contributed by atoms with E-state index in [0.29, 0.717) is 0 Å². The summed E-state index contributed by atoms with van der Waals surface area (Å²) in [6, 6.07) is 5.37. The minimum absolute atomic E-state index is 0.101. The Kier molecular flexibility index (Phi) is 6.36. The summed E-state index contributed by atoms with van der Waals surface area (Å²) in [5, 5.41) is 2.51. The SMILES string of the molecule is CS(=O)(=O)c1ccc(C(=O)NCCCOCC(F)(F)F)cc1. The van der Waals surface area contributed by atoms with Crippen molar-refractivity contribution in [1.29, 1.82) is 0 Å². The molecule has 0 aliphatic rings. The van der Waals surface area contributed by atoms with Crippen LogP contribution in [0.25, 0.3) is 0 Å². The fourth-order valence-electron chi connectivity index (χ4n) is 1.52. The number of amides is 1. The van der Waals surface area contributed by atoms with E-state index >= 15 is 0 Å². The summed E-state index contributed by atoms with van der Waals surface area (Å²) in [6.45, 7) is -1.27. The Morgan fingerprint density at radius 3 is 2.32 bits per heavy atom. The highest BCUT2D eigenvalue weighted by atomic mass is 32.2. The van der Waals surface area contributed by atoms with E-state index in [1.165, 1.54) is 24.3 Å². The molecule has 0 aliphatic heterocycles. The molecule has 9 heteroatoms. The molecule has 0 saturated carbocycles. The van der Waals surface area contributed by atoms with E-state index in [-0.39, 0.29) is 30.0 Å². The molecule has 1 amide bonds. The number of hydrogen-bond acceptors (Lipinski definition) is 4. The Hall–Kier alpha value is -1.61. The lowest BCUT2D eigenvalue weighted by atomic mass is 10.2. The molecule has 0 unspecified atom stereocenters. The zero-order valence-corrected chi connectivity index (χ0v) is 12.6. The summed E-state index contributed by atoms with van der Waals surface area (Å²) in [6.07, 6.45) is -3.06. The van der Waals surface area contributed by atoms with Crippen molar-refractivity contribution in [2.24, 2.45) is 0 Å². The maximum Gasteiger partial charge on any atom is 0.411 e. The number of ether oxygens (including phenoxy) is 1. The van der Waals surface area contributed by atoms with Crippen molar-refractivity contribution in [3.8, 4) is 0 Å². The number of benzene rings is 1. The fourth-order valence-corrected chi connectivity index (χ4v) is 2.15. The molecule has 124 valence electrons. The van der Waals surface area contributed by atoms with Crippen molar-refractivity contribution >= 4 is 15.7 Å². The van der Waals surface area contributed by atoms with Gasteiger partial charge in [-0.3, -0.25) is 4.79 Å². The van der Waals surface area contributed by atoms with E-state index in [2.05, 4.69) is 10.1 Å². The maximum atomic E-state index is 11.8. The normalized spacial score (nSPS) is 12.2. The Bertz CT molecular complexity index is 597. The topological polar surface area (TPSA) is 72.5 Å². The van der Waals surface area contributed by atoms with E-state index in [4.69, 9.17) is 0 Å². The number of nitrogens with one attached hydrogen (secondary N) is 1. The van der Waals surface area contributed by atoms with Gasteiger partial charge in [0.25, 0.3) is 5.91 Å². The van der Waals surface area contributed by atoms with Crippen LogP contribution >= 0.6 is 0 Å². The molecule has 1 N–H and O–H groups in total. The number of hydrogen-bond donors (Lipinski definition) is 1. The average molecular weight is 339 g/mol. The molecule has 0 heterocycles. The van der Waals surface area contributed by atoms with Gasteiger partial charge in [0.2, 0.25) is 0 Å². The van der Waals surface area contributed by atoms with Crippen molar-refractivity contribution in [3.63, 3.8) is 0 Å². The second-order valence-corrected chi connectivity index (χ2v) is 6.59. The smallest absolute Gasteiger partial charge is 0.372 e. The van der Waals surface area contributed by atoms with Crippen LogP contribution in [-0.4, -0.2) is 46.5 Å². The van der Waals surface area contributed by atoms with Gasteiger partial charge < -0.3 is 10.1 Å². The number of carbonyl (C=O) groups is 1. The van der Waals surface area contributed by atoms with Gasteiger partial charge in [-0.25, -0.2) is 8.42 Å². The highest BCUT2D eigenvalue weighted by Crippen LogP contribution is 2.14. The summed E-state index contributed by atoms with van der Waals surface area (Å²) in [7, 11) is -3.32. The van der Waals surface area contributed by atoms with Crippen molar-refractivity contribution in [2.75, 3.05) is 26.0 Å². The molecular formula is C13H16F3NO4S.